The van der Waals surface area contributed by atoms with Crippen LogP contribution in [0.4, 0.5) is 0 Å². The summed E-state index contributed by atoms with van der Waals surface area (Å²) in [6.45, 7) is 9.41. The molecule has 32 heavy (non-hydrogen) atoms. The van der Waals surface area contributed by atoms with E-state index in [1.54, 1.807) is 0 Å². The summed E-state index contributed by atoms with van der Waals surface area (Å²) in [5, 5.41) is 0. The van der Waals surface area contributed by atoms with Crippen LogP contribution in [-0.4, -0.2) is 0 Å². The molecule has 0 radical (unpaired) electrons. The van der Waals surface area contributed by atoms with E-state index in [2.05, 4.69) is 27.7 Å². The van der Waals surface area contributed by atoms with Crippen molar-refractivity contribution in [2.24, 2.45) is 11.8 Å². The first-order chi connectivity index (χ1) is 15.8. The molecule has 0 nitrogen and oxygen atoms in total. The van der Waals surface area contributed by atoms with Gasteiger partial charge in [0.25, 0.3) is 0 Å². The Labute approximate surface area is 206 Å². The van der Waals surface area contributed by atoms with Crippen LogP contribution in [0.25, 0.3) is 0 Å². The van der Waals surface area contributed by atoms with Crippen molar-refractivity contribution >= 4 is 0 Å². The van der Waals surface area contributed by atoms with Crippen LogP contribution in [0.1, 0.15) is 195 Å². The topological polar surface area (TPSA) is 0 Å². The van der Waals surface area contributed by atoms with E-state index in [0.29, 0.717) is 0 Å². The third kappa shape index (κ3) is 23.2. The SMILES string of the molecule is CCCCCCCCCCCCC(CCCCCCCCCC)CCC(CC)CCCC. The van der Waals surface area contributed by atoms with Crippen molar-refractivity contribution in [3.63, 3.8) is 0 Å². The molecule has 2 atom stereocenters. The lowest BCUT2D eigenvalue weighted by molar-refractivity contribution is 0.321. The van der Waals surface area contributed by atoms with Crippen molar-refractivity contribution in [3.05, 3.63) is 0 Å². The van der Waals surface area contributed by atoms with Crippen LogP contribution in [0, 0.1) is 11.8 Å². The molecule has 0 aliphatic carbocycles. The zero-order valence-electron chi connectivity index (χ0n) is 23.5. The predicted molar refractivity (Wildman–Crippen MR) is 150 cm³/mol. The average Bonchev–Trinajstić information content (AvgIpc) is 2.81. The second-order valence-electron chi connectivity index (χ2n) is 11.1. The molecule has 0 heteroatoms. The molecule has 0 N–H and O–H groups in total. The lowest BCUT2D eigenvalue weighted by Crippen LogP contribution is -2.06. The van der Waals surface area contributed by atoms with Crippen molar-refractivity contribution in [1.82, 2.24) is 0 Å². The van der Waals surface area contributed by atoms with Crippen LogP contribution in [0.2, 0.25) is 0 Å². The zero-order chi connectivity index (χ0) is 23.5. The summed E-state index contributed by atoms with van der Waals surface area (Å²) >= 11 is 0. The summed E-state index contributed by atoms with van der Waals surface area (Å²) in [6, 6.07) is 0. The Morgan fingerprint density at radius 3 is 0.969 bits per heavy atom. The fraction of sp³-hybridized carbons (Fsp3) is 1.00. The van der Waals surface area contributed by atoms with Crippen molar-refractivity contribution in [2.45, 2.75) is 195 Å². The molecule has 0 fully saturated rings. The maximum absolute atomic E-state index is 2.43. The average molecular weight is 451 g/mol. The normalized spacial score (nSPS) is 13.5. The van der Waals surface area contributed by atoms with E-state index in [-0.39, 0.29) is 0 Å². The predicted octanol–water partition coefficient (Wildman–Crippen LogP) is 12.4. The molecular formula is C32H66. The fourth-order valence-electron chi connectivity index (χ4n) is 5.44. The summed E-state index contributed by atoms with van der Waals surface area (Å²) in [6.07, 6.45) is 38.2. The van der Waals surface area contributed by atoms with Gasteiger partial charge in [0, 0.05) is 0 Å². The number of rotatable bonds is 27. The highest BCUT2D eigenvalue weighted by atomic mass is 14.2. The molecule has 0 bridgehead atoms. The minimum atomic E-state index is 1.00. The van der Waals surface area contributed by atoms with Crippen LogP contribution >= 0.6 is 0 Å². The van der Waals surface area contributed by atoms with E-state index in [1.807, 2.05) is 0 Å². The van der Waals surface area contributed by atoms with Crippen LogP contribution in [0.3, 0.4) is 0 Å². The maximum Gasteiger partial charge on any atom is -0.0414 e. The molecule has 0 amide bonds. The van der Waals surface area contributed by atoms with Gasteiger partial charge in [0.2, 0.25) is 0 Å². The van der Waals surface area contributed by atoms with Gasteiger partial charge in [-0.3, -0.25) is 0 Å². The second-order valence-corrected chi connectivity index (χ2v) is 11.1. The minimum Gasteiger partial charge on any atom is -0.0654 e. The van der Waals surface area contributed by atoms with Gasteiger partial charge in [0.05, 0.1) is 0 Å². The molecule has 0 aliphatic rings. The van der Waals surface area contributed by atoms with Gasteiger partial charge < -0.3 is 0 Å². The van der Waals surface area contributed by atoms with Crippen LogP contribution in [0.15, 0.2) is 0 Å². The highest BCUT2D eigenvalue weighted by molar-refractivity contribution is 4.66. The van der Waals surface area contributed by atoms with Crippen molar-refractivity contribution in [1.29, 1.82) is 0 Å². The molecule has 0 rings (SSSR count). The number of hydrogen-bond donors (Lipinski definition) is 0. The molecule has 194 valence electrons. The van der Waals surface area contributed by atoms with E-state index < -0.39 is 0 Å². The van der Waals surface area contributed by atoms with E-state index in [0.717, 1.165) is 11.8 Å². The summed E-state index contributed by atoms with van der Waals surface area (Å²) < 4.78 is 0. The van der Waals surface area contributed by atoms with E-state index in [4.69, 9.17) is 0 Å². The molecular weight excluding hydrogens is 384 g/mol. The smallest absolute Gasteiger partial charge is 0.0414 e. The van der Waals surface area contributed by atoms with Gasteiger partial charge >= 0.3 is 0 Å². The first-order valence-electron chi connectivity index (χ1n) is 15.8. The quantitative estimate of drug-likeness (QED) is 0.109. The first kappa shape index (κ1) is 32.0. The first-order valence-corrected chi connectivity index (χ1v) is 15.8. The third-order valence-electron chi connectivity index (χ3n) is 7.96. The highest BCUT2D eigenvalue weighted by Crippen LogP contribution is 2.28. The lowest BCUT2D eigenvalue weighted by Gasteiger charge is -2.21. The Morgan fingerprint density at radius 2 is 0.594 bits per heavy atom. The summed E-state index contributed by atoms with van der Waals surface area (Å²) in [4.78, 5) is 0. The molecule has 0 aromatic rings. The molecule has 0 aliphatic heterocycles. The van der Waals surface area contributed by atoms with Gasteiger partial charge in [-0.1, -0.05) is 195 Å². The minimum absolute atomic E-state index is 1.00. The van der Waals surface area contributed by atoms with Crippen LogP contribution in [0.5, 0.6) is 0 Å². The van der Waals surface area contributed by atoms with Gasteiger partial charge in [-0.05, 0) is 11.8 Å². The Kier molecular flexibility index (Phi) is 27.2. The monoisotopic (exact) mass is 451 g/mol. The fourth-order valence-corrected chi connectivity index (χ4v) is 5.44. The molecule has 0 heterocycles. The molecule has 0 saturated heterocycles. The largest absolute Gasteiger partial charge is 0.0654 e. The Hall–Kier alpha value is 0. The summed E-state index contributed by atoms with van der Waals surface area (Å²) in [5.74, 6) is 2.03. The lowest BCUT2D eigenvalue weighted by atomic mass is 9.85. The molecule has 0 aromatic carbocycles. The van der Waals surface area contributed by atoms with Gasteiger partial charge in [-0.25, -0.2) is 0 Å². The summed E-state index contributed by atoms with van der Waals surface area (Å²) in [7, 11) is 0. The standard InChI is InChI=1S/C32H66/c1-5-9-12-14-16-18-19-21-23-25-28-32(30-29-31(8-4)26-11-7-3)27-24-22-20-17-15-13-10-6-2/h31-32H,5-30H2,1-4H3. The Balaban J connectivity index is 4.00. The molecule has 0 spiro atoms. The van der Waals surface area contributed by atoms with Gasteiger partial charge in [-0.15, -0.1) is 0 Å². The number of hydrogen-bond acceptors (Lipinski definition) is 0. The van der Waals surface area contributed by atoms with E-state index in [1.165, 1.54) is 167 Å². The van der Waals surface area contributed by atoms with Crippen molar-refractivity contribution < 1.29 is 0 Å². The molecule has 0 saturated carbocycles. The van der Waals surface area contributed by atoms with Crippen molar-refractivity contribution in [3.8, 4) is 0 Å². The molecule has 2 unspecified atom stereocenters. The second kappa shape index (κ2) is 27.2. The van der Waals surface area contributed by atoms with E-state index >= 15 is 0 Å². The van der Waals surface area contributed by atoms with Crippen LogP contribution < -0.4 is 0 Å². The van der Waals surface area contributed by atoms with Crippen molar-refractivity contribution in [2.75, 3.05) is 0 Å². The number of unbranched alkanes of at least 4 members (excludes halogenated alkanes) is 17. The Morgan fingerprint density at radius 1 is 0.281 bits per heavy atom. The van der Waals surface area contributed by atoms with Gasteiger partial charge in [0.1, 0.15) is 0 Å². The van der Waals surface area contributed by atoms with E-state index in [9.17, 15) is 0 Å². The Bertz CT molecular complexity index is 320. The highest BCUT2D eigenvalue weighted by Gasteiger charge is 2.13. The summed E-state index contributed by atoms with van der Waals surface area (Å²) in [5.41, 5.74) is 0. The third-order valence-corrected chi connectivity index (χ3v) is 7.96. The zero-order valence-corrected chi connectivity index (χ0v) is 23.5. The van der Waals surface area contributed by atoms with Gasteiger partial charge in [-0.2, -0.15) is 0 Å². The van der Waals surface area contributed by atoms with Crippen LogP contribution in [-0.2, 0) is 0 Å². The van der Waals surface area contributed by atoms with Gasteiger partial charge in [0.15, 0.2) is 0 Å². The molecule has 0 aromatic heterocycles. The maximum atomic E-state index is 2.43.